The lowest BCUT2D eigenvalue weighted by Crippen LogP contribution is -2.07. The second-order valence-electron chi connectivity index (χ2n) is 7.12. The van der Waals surface area contributed by atoms with Gasteiger partial charge in [-0.1, -0.05) is 24.3 Å². The predicted octanol–water partition coefficient (Wildman–Crippen LogP) is 5.65. The van der Waals surface area contributed by atoms with E-state index in [0.717, 1.165) is 0 Å². The zero-order valence-corrected chi connectivity index (χ0v) is 17.2. The Morgan fingerprint density at radius 3 is 2.41 bits per heavy atom. The molecule has 1 aromatic heterocycles. The number of carboxylic acid groups (broad SMARTS) is 1. The van der Waals surface area contributed by atoms with Crippen LogP contribution in [0.3, 0.4) is 0 Å². The van der Waals surface area contributed by atoms with E-state index < -0.39 is 5.97 Å². The molecule has 0 radical (unpaired) electrons. The number of aromatic carboxylic acids is 1. The van der Waals surface area contributed by atoms with Crippen molar-refractivity contribution in [2.45, 2.75) is 20.1 Å². The van der Waals surface area contributed by atoms with E-state index in [-0.39, 0.29) is 24.6 Å². The van der Waals surface area contributed by atoms with Crippen molar-refractivity contribution in [3.8, 4) is 23.0 Å². The van der Waals surface area contributed by atoms with Gasteiger partial charge in [0.15, 0.2) is 0 Å². The van der Waals surface area contributed by atoms with Gasteiger partial charge in [-0.2, -0.15) is 0 Å². The minimum Gasteiger partial charge on any atom is -0.489 e. The van der Waals surface area contributed by atoms with Crippen molar-refractivity contribution in [2.75, 3.05) is 0 Å². The van der Waals surface area contributed by atoms with Crippen molar-refractivity contribution in [3.63, 3.8) is 0 Å². The maximum Gasteiger partial charge on any atom is 0.336 e. The van der Waals surface area contributed by atoms with Crippen molar-refractivity contribution in [1.82, 2.24) is 4.98 Å². The quantitative estimate of drug-likeness (QED) is 0.387. The summed E-state index contributed by atoms with van der Waals surface area (Å²) in [4.78, 5) is 15.9. The second-order valence-corrected chi connectivity index (χ2v) is 7.12. The van der Waals surface area contributed by atoms with Gasteiger partial charge < -0.3 is 19.0 Å². The highest BCUT2D eigenvalue weighted by molar-refractivity contribution is 5.91. The Morgan fingerprint density at radius 2 is 1.69 bits per heavy atom. The molecule has 1 N–H and O–H groups in total. The summed E-state index contributed by atoms with van der Waals surface area (Å²) in [5, 5.41) is 9.45. The molecular formula is C25H20FNO5. The molecule has 7 heteroatoms. The molecule has 0 aliphatic carbocycles. The van der Waals surface area contributed by atoms with Crippen molar-refractivity contribution in [1.29, 1.82) is 0 Å². The Hall–Kier alpha value is -4.13. The highest BCUT2D eigenvalue weighted by atomic mass is 19.1. The Kier molecular flexibility index (Phi) is 6.17. The molecule has 4 aromatic rings. The Balaban J connectivity index is 1.39. The lowest BCUT2D eigenvalue weighted by atomic mass is 10.0. The maximum absolute atomic E-state index is 13.1. The van der Waals surface area contributed by atoms with Crippen molar-refractivity contribution in [3.05, 3.63) is 101 Å². The number of carboxylic acids is 1. The molecule has 0 unspecified atom stereocenters. The van der Waals surface area contributed by atoms with E-state index in [1.165, 1.54) is 18.4 Å². The summed E-state index contributed by atoms with van der Waals surface area (Å²) in [5.74, 6) is 0.191. The summed E-state index contributed by atoms with van der Waals surface area (Å²) in [6, 6.07) is 18.2. The number of hydrogen-bond acceptors (Lipinski definition) is 5. The van der Waals surface area contributed by atoms with Crippen LogP contribution >= 0.6 is 0 Å². The number of aromatic nitrogens is 1. The van der Waals surface area contributed by atoms with Crippen LogP contribution in [0.4, 0.5) is 4.39 Å². The van der Waals surface area contributed by atoms with Gasteiger partial charge in [0.1, 0.15) is 42.5 Å². The summed E-state index contributed by atoms with van der Waals surface area (Å²) in [6.45, 7) is 2.05. The SMILES string of the molecule is Cc1cccc(COc2cccc(OCc3coc(-c4ccc(F)cc4)n3)c2)c1C(=O)O. The van der Waals surface area contributed by atoms with Gasteiger partial charge in [0.25, 0.3) is 0 Å². The summed E-state index contributed by atoms with van der Waals surface area (Å²) < 4.78 is 30.1. The standard InChI is InChI=1S/C25H20FNO5/c1-16-4-2-5-18(23(16)25(28)29)13-30-21-6-3-7-22(12-21)31-14-20-15-32-24(27-20)17-8-10-19(26)11-9-17/h2-12,15H,13-14H2,1H3,(H,28,29). The van der Waals surface area contributed by atoms with Gasteiger partial charge in [-0.3, -0.25) is 0 Å². The molecule has 0 bridgehead atoms. The fourth-order valence-corrected chi connectivity index (χ4v) is 3.23. The summed E-state index contributed by atoms with van der Waals surface area (Å²) in [7, 11) is 0. The predicted molar refractivity (Wildman–Crippen MR) is 115 cm³/mol. The van der Waals surface area contributed by atoms with Crippen LogP contribution in [0.2, 0.25) is 0 Å². The number of rotatable bonds is 8. The first kappa shape index (κ1) is 21.1. The summed E-state index contributed by atoms with van der Waals surface area (Å²) in [6.07, 6.45) is 1.49. The molecule has 0 aliphatic rings. The van der Waals surface area contributed by atoms with E-state index in [9.17, 15) is 14.3 Å². The van der Waals surface area contributed by atoms with Crippen LogP contribution in [-0.4, -0.2) is 16.1 Å². The van der Waals surface area contributed by atoms with E-state index in [1.807, 2.05) is 0 Å². The first-order chi connectivity index (χ1) is 15.5. The topological polar surface area (TPSA) is 81.8 Å². The zero-order valence-electron chi connectivity index (χ0n) is 17.2. The minimum atomic E-state index is -0.980. The van der Waals surface area contributed by atoms with E-state index >= 15 is 0 Å². The zero-order chi connectivity index (χ0) is 22.5. The van der Waals surface area contributed by atoms with Gasteiger partial charge in [-0.15, -0.1) is 0 Å². The highest BCUT2D eigenvalue weighted by Crippen LogP contribution is 2.24. The van der Waals surface area contributed by atoms with Gasteiger partial charge in [0.2, 0.25) is 5.89 Å². The van der Waals surface area contributed by atoms with Crippen LogP contribution < -0.4 is 9.47 Å². The number of benzene rings is 3. The molecule has 0 fully saturated rings. The van der Waals surface area contributed by atoms with E-state index in [0.29, 0.717) is 39.8 Å². The average Bonchev–Trinajstić information content (AvgIpc) is 3.26. The molecule has 32 heavy (non-hydrogen) atoms. The normalized spacial score (nSPS) is 10.7. The molecular weight excluding hydrogens is 413 g/mol. The molecule has 0 saturated heterocycles. The first-order valence-corrected chi connectivity index (χ1v) is 9.87. The van der Waals surface area contributed by atoms with Crippen LogP contribution in [-0.2, 0) is 13.2 Å². The van der Waals surface area contributed by atoms with Crippen molar-refractivity contribution in [2.24, 2.45) is 0 Å². The molecule has 3 aromatic carbocycles. The average molecular weight is 433 g/mol. The van der Waals surface area contributed by atoms with Crippen molar-refractivity contribution >= 4 is 5.97 Å². The van der Waals surface area contributed by atoms with E-state index in [2.05, 4.69) is 4.98 Å². The Labute approximate surface area is 183 Å². The minimum absolute atomic E-state index is 0.122. The number of nitrogens with zero attached hydrogens (tertiary/aromatic N) is 1. The Morgan fingerprint density at radius 1 is 1.00 bits per heavy atom. The molecule has 0 amide bonds. The third-order valence-corrected chi connectivity index (χ3v) is 4.80. The largest absolute Gasteiger partial charge is 0.489 e. The summed E-state index contributed by atoms with van der Waals surface area (Å²) >= 11 is 0. The fourth-order valence-electron chi connectivity index (χ4n) is 3.23. The van der Waals surface area contributed by atoms with E-state index in [1.54, 1.807) is 61.5 Å². The second kappa shape index (κ2) is 9.34. The molecule has 0 aliphatic heterocycles. The number of oxazole rings is 1. The van der Waals surface area contributed by atoms with Crippen LogP contribution in [0, 0.1) is 12.7 Å². The van der Waals surface area contributed by atoms with Crippen molar-refractivity contribution < 1.29 is 28.2 Å². The van der Waals surface area contributed by atoms with Gasteiger partial charge >= 0.3 is 5.97 Å². The molecule has 162 valence electrons. The van der Waals surface area contributed by atoms with Crippen LogP contribution in [0.5, 0.6) is 11.5 Å². The van der Waals surface area contributed by atoms with Crippen LogP contribution in [0.1, 0.15) is 27.2 Å². The number of aryl methyl sites for hydroxylation is 1. The van der Waals surface area contributed by atoms with Gasteiger partial charge in [-0.25, -0.2) is 14.2 Å². The monoisotopic (exact) mass is 433 g/mol. The number of hydrogen-bond donors (Lipinski definition) is 1. The first-order valence-electron chi connectivity index (χ1n) is 9.87. The lowest BCUT2D eigenvalue weighted by molar-refractivity contribution is 0.0693. The Bertz CT molecular complexity index is 1230. The fraction of sp³-hybridized carbons (Fsp3) is 0.120. The molecule has 4 rings (SSSR count). The highest BCUT2D eigenvalue weighted by Gasteiger charge is 2.13. The van der Waals surface area contributed by atoms with Gasteiger partial charge in [-0.05, 0) is 48.9 Å². The molecule has 0 spiro atoms. The maximum atomic E-state index is 13.1. The molecule has 1 heterocycles. The lowest BCUT2D eigenvalue weighted by Gasteiger charge is -2.12. The molecule has 0 saturated carbocycles. The molecule has 0 atom stereocenters. The molecule has 6 nitrogen and oxygen atoms in total. The number of ether oxygens (including phenoxy) is 2. The number of halogens is 1. The van der Waals surface area contributed by atoms with Gasteiger partial charge in [0, 0.05) is 17.2 Å². The third kappa shape index (κ3) is 4.95. The van der Waals surface area contributed by atoms with Gasteiger partial charge in [0.05, 0.1) is 5.56 Å². The van der Waals surface area contributed by atoms with E-state index in [4.69, 9.17) is 13.9 Å². The summed E-state index contributed by atoms with van der Waals surface area (Å²) in [5.41, 5.74) is 2.79. The van der Waals surface area contributed by atoms with Crippen LogP contribution in [0.15, 0.2) is 77.4 Å². The van der Waals surface area contributed by atoms with Crippen LogP contribution in [0.25, 0.3) is 11.5 Å². The number of carbonyl (C=O) groups is 1. The smallest absolute Gasteiger partial charge is 0.336 e. The third-order valence-electron chi connectivity index (χ3n) is 4.80.